The monoisotopic (exact) mass is 309 g/mol. The van der Waals surface area contributed by atoms with Gasteiger partial charge in [-0.05, 0) is 24.1 Å². The summed E-state index contributed by atoms with van der Waals surface area (Å²) in [7, 11) is 1.65. The lowest BCUT2D eigenvalue weighted by Gasteiger charge is -2.11. The van der Waals surface area contributed by atoms with Crippen LogP contribution in [0.2, 0.25) is 0 Å². The number of aromatic amines is 1. The summed E-state index contributed by atoms with van der Waals surface area (Å²) in [4.78, 5) is 0. The number of nitrogens with two attached hydrogens (primary N) is 1. The number of H-pyrrole nitrogens is 1. The van der Waals surface area contributed by atoms with Gasteiger partial charge >= 0.3 is 0 Å². The fraction of sp³-hybridized carbons (Fsp3) is 0.308. The van der Waals surface area contributed by atoms with Crippen molar-refractivity contribution in [3.63, 3.8) is 0 Å². The first-order valence-electron chi connectivity index (χ1n) is 5.72. The van der Waals surface area contributed by atoms with E-state index in [-0.39, 0.29) is 0 Å². The minimum atomic E-state index is 0.298. The molecule has 0 saturated heterocycles. The van der Waals surface area contributed by atoms with E-state index in [0.717, 1.165) is 27.0 Å². The summed E-state index contributed by atoms with van der Waals surface area (Å²) in [5.74, 6) is 1.63. The second-order valence-electron chi connectivity index (χ2n) is 4.40. The Balaban J connectivity index is 2.62. The van der Waals surface area contributed by atoms with Crippen molar-refractivity contribution in [3.05, 3.63) is 28.2 Å². The fourth-order valence-corrected chi connectivity index (χ4v) is 2.37. The van der Waals surface area contributed by atoms with Crippen LogP contribution >= 0.6 is 15.9 Å². The Bertz CT molecular complexity index is 563. The third-order valence-corrected chi connectivity index (χ3v) is 3.34. The lowest BCUT2D eigenvalue weighted by Crippen LogP contribution is -1.96. The van der Waals surface area contributed by atoms with Gasteiger partial charge in [0.25, 0.3) is 0 Å². The minimum absolute atomic E-state index is 0.298. The van der Waals surface area contributed by atoms with E-state index >= 15 is 0 Å². The third kappa shape index (κ3) is 2.22. The molecule has 3 N–H and O–H groups in total. The fourth-order valence-electron chi connectivity index (χ4n) is 2.03. The molecule has 0 atom stereocenters. The number of methoxy groups -OCH3 is 1. The number of hydrogen-bond donors (Lipinski definition) is 2. The van der Waals surface area contributed by atoms with Gasteiger partial charge in [0.1, 0.15) is 11.6 Å². The van der Waals surface area contributed by atoms with Gasteiger partial charge in [0, 0.05) is 15.6 Å². The quantitative estimate of drug-likeness (QED) is 0.911. The Labute approximate surface area is 115 Å². The van der Waals surface area contributed by atoms with Gasteiger partial charge in [-0.2, -0.15) is 5.10 Å². The average Bonchev–Trinajstić information content (AvgIpc) is 2.70. The van der Waals surface area contributed by atoms with Crippen LogP contribution in [0.25, 0.3) is 11.3 Å². The summed E-state index contributed by atoms with van der Waals surface area (Å²) in [5.41, 5.74) is 8.82. The summed E-state index contributed by atoms with van der Waals surface area (Å²) < 4.78 is 6.38. The van der Waals surface area contributed by atoms with Crippen LogP contribution in [0.1, 0.15) is 25.3 Å². The van der Waals surface area contributed by atoms with Crippen LogP contribution in [0.4, 0.5) is 5.82 Å². The Morgan fingerprint density at radius 3 is 2.72 bits per heavy atom. The number of nitrogen functional groups attached to an aromatic ring is 1. The first-order chi connectivity index (χ1) is 8.54. The predicted octanol–water partition coefficient (Wildman–Crippen LogP) is 3.55. The first kappa shape index (κ1) is 13.0. The molecule has 1 aromatic carbocycles. The van der Waals surface area contributed by atoms with Crippen molar-refractivity contribution in [1.82, 2.24) is 10.2 Å². The van der Waals surface area contributed by atoms with E-state index in [1.807, 2.05) is 18.2 Å². The van der Waals surface area contributed by atoms with Gasteiger partial charge in [-0.3, -0.25) is 5.10 Å². The largest absolute Gasteiger partial charge is 0.496 e. The molecule has 0 spiro atoms. The van der Waals surface area contributed by atoms with Crippen LogP contribution in [0, 0.1) is 0 Å². The summed E-state index contributed by atoms with van der Waals surface area (Å²) in [6.45, 7) is 4.19. The van der Waals surface area contributed by atoms with Gasteiger partial charge in [0.2, 0.25) is 0 Å². The second-order valence-corrected chi connectivity index (χ2v) is 5.31. The summed E-state index contributed by atoms with van der Waals surface area (Å²) >= 11 is 3.43. The molecule has 0 aliphatic heterocycles. The lowest BCUT2D eigenvalue weighted by atomic mass is 9.98. The molecule has 5 heteroatoms. The number of nitrogens with zero attached hydrogens (tertiary/aromatic N) is 1. The van der Waals surface area contributed by atoms with Crippen molar-refractivity contribution in [1.29, 1.82) is 0 Å². The number of anilines is 1. The maximum absolute atomic E-state index is 5.91. The summed E-state index contributed by atoms with van der Waals surface area (Å²) in [6.07, 6.45) is 0. The Hall–Kier alpha value is -1.49. The maximum atomic E-state index is 5.91. The molecule has 0 radical (unpaired) electrons. The molecular formula is C13H16BrN3O. The van der Waals surface area contributed by atoms with E-state index in [2.05, 4.69) is 40.0 Å². The first-order valence-corrected chi connectivity index (χ1v) is 6.51. The van der Waals surface area contributed by atoms with Crippen LogP contribution in [-0.2, 0) is 0 Å². The van der Waals surface area contributed by atoms with Crippen molar-refractivity contribution < 1.29 is 4.74 Å². The van der Waals surface area contributed by atoms with Crippen molar-refractivity contribution >= 4 is 21.7 Å². The van der Waals surface area contributed by atoms with Gasteiger partial charge in [-0.15, -0.1) is 0 Å². The van der Waals surface area contributed by atoms with Crippen LogP contribution in [0.15, 0.2) is 22.7 Å². The average molecular weight is 310 g/mol. The molecule has 0 aliphatic carbocycles. The van der Waals surface area contributed by atoms with E-state index in [9.17, 15) is 0 Å². The Morgan fingerprint density at radius 1 is 1.39 bits per heavy atom. The molecular weight excluding hydrogens is 294 g/mol. The second kappa shape index (κ2) is 5.02. The van der Waals surface area contributed by atoms with Crippen molar-refractivity contribution in [2.24, 2.45) is 0 Å². The van der Waals surface area contributed by atoms with Crippen LogP contribution in [-0.4, -0.2) is 17.3 Å². The highest BCUT2D eigenvalue weighted by Gasteiger charge is 2.18. The van der Waals surface area contributed by atoms with Crippen molar-refractivity contribution in [2.75, 3.05) is 12.8 Å². The number of ether oxygens (including phenoxy) is 1. The number of nitrogens with one attached hydrogen (secondary N) is 1. The molecule has 0 unspecified atom stereocenters. The smallest absolute Gasteiger partial charge is 0.149 e. The molecule has 0 aliphatic rings. The highest BCUT2D eigenvalue weighted by atomic mass is 79.9. The molecule has 2 aromatic rings. The standard InChI is InChI=1S/C13H16BrN3O/c1-7(2)11-12(16-17-13(11)15)9-5-4-8(14)6-10(9)18-3/h4-7H,1-3H3,(H3,15,16,17). The molecule has 1 heterocycles. The molecule has 2 rings (SSSR count). The number of rotatable bonds is 3. The van der Waals surface area contributed by atoms with E-state index < -0.39 is 0 Å². The van der Waals surface area contributed by atoms with Gasteiger partial charge in [0.15, 0.2) is 0 Å². The molecule has 0 amide bonds. The van der Waals surface area contributed by atoms with Gasteiger partial charge in [-0.25, -0.2) is 0 Å². The van der Waals surface area contributed by atoms with Gasteiger partial charge < -0.3 is 10.5 Å². The summed E-state index contributed by atoms with van der Waals surface area (Å²) in [5, 5.41) is 7.09. The highest BCUT2D eigenvalue weighted by Crippen LogP contribution is 2.37. The number of halogens is 1. The van der Waals surface area contributed by atoms with Crippen LogP contribution in [0.3, 0.4) is 0 Å². The molecule has 0 saturated carbocycles. The Kier molecular flexibility index (Phi) is 3.61. The third-order valence-electron chi connectivity index (χ3n) is 2.84. The van der Waals surface area contributed by atoms with Crippen LogP contribution < -0.4 is 10.5 Å². The number of benzene rings is 1. The van der Waals surface area contributed by atoms with Gasteiger partial charge in [0.05, 0.1) is 12.8 Å². The van der Waals surface area contributed by atoms with E-state index in [1.165, 1.54) is 0 Å². The van der Waals surface area contributed by atoms with Crippen LogP contribution in [0.5, 0.6) is 5.75 Å². The zero-order chi connectivity index (χ0) is 13.3. The zero-order valence-electron chi connectivity index (χ0n) is 10.6. The van der Waals surface area contributed by atoms with Crippen molar-refractivity contribution in [3.8, 4) is 17.0 Å². The maximum Gasteiger partial charge on any atom is 0.149 e. The normalized spacial score (nSPS) is 10.9. The molecule has 1 aromatic heterocycles. The van der Waals surface area contributed by atoms with Gasteiger partial charge in [-0.1, -0.05) is 29.8 Å². The molecule has 18 heavy (non-hydrogen) atoms. The van der Waals surface area contributed by atoms with E-state index in [1.54, 1.807) is 7.11 Å². The lowest BCUT2D eigenvalue weighted by molar-refractivity contribution is 0.416. The zero-order valence-corrected chi connectivity index (χ0v) is 12.2. The number of aromatic nitrogens is 2. The number of hydrogen-bond acceptors (Lipinski definition) is 3. The Morgan fingerprint density at radius 2 is 2.11 bits per heavy atom. The van der Waals surface area contributed by atoms with E-state index in [0.29, 0.717) is 11.7 Å². The SMILES string of the molecule is COc1cc(Br)ccc1-c1[nH]nc(N)c1C(C)C. The van der Waals surface area contributed by atoms with E-state index in [4.69, 9.17) is 10.5 Å². The molecule has 4 nitrogen and oxygen atoms in total. The minimum Gasteiger partial charge on any atom is -0.496 e. The topological polar surface area (TPSA) is 63.9 Å². The molecule has 0 fully saturated rings. The molecule has 96 valence electrons. The highest BCUT2D eigenvalue weighted by molar-refractivity contribution is 9.10. The summed E-state index contributed by atoms with van der Waals surface area (Å²) in [6, 6.07) is 5.89. The molecule has 0 bridgehead atoms. The van der Waals surface area contributed by atoms with Crippen molar-refractivity contribution in [2.45, 2.75) is 19.8 Å². The predicted molar refractivity (Wildman–Crippen MR) is 76.8 cm³/mol.